The molecule has 4 nitrogen and oxygen atoms in total. The molecule has 1 atom stereocenters. The molecule has 1 rings (SSSR count). The van der Waals surface area contributed by atoms with E-state index >= 15 is 0 Å². The lowest BCUT2D eigenvalue weighted by Gasteiger charge is -2.12. The van der Waals surface area contributed by atoms with Crippen LogP contribution in [0, 0.1) is 13.8 Å². The highest BCUT2D eigenvalue weighted by Gasteiger charge is 2.08. The van der Waals surface area contributed by atoms with Gasteiger partial charge in [-0.25, -0.2) is 0 Å². The summed E-state index contributed by atoms with van der Waals surface area (Å²) in [6.07, 6.45) is 1.83. The Morgan fingerprint density at radius 2 is 2.17 bits per heavy atom. The van der Waals surface area contributed by atoms with Crippen molar-refractivity contribution in [2.45, 2.75) is 27.3 Å². The lowest BCUT2D eigenvalue weighted by Crippen LogP contribution is -2.21. The van der Waals surface area contributed by atoms with Crippen molar-refractivity contribution >= 4 is 10.8 Å². The molecule has 0 saturated carbocycles. The van der Waals surface area contributed by atoms with E-state index in [1.165, 1.54) is 0 Å². The van der Waals surface area contributed by atoms with Crippen molar-refractivity contribution in [1.82, 2.24) is 10.3 Å². The molecule has 1 N–H and O–H groups in total. The molecular weight excluding hydrogens is 248 g/mol. The second kappa shape index (κ2) is 7.48. The molecule has 0 radical (unpaired) electrons. The second-order valence-electron chi connectivity index (χ2n) is 4.16. The molecule has 0 spiro atoms. The lowest BCUT2D eigenvalue weighted by atomic mass is 10.1. The van der Waals surface area contributed by atoms with Crippen LogP contribution >= 0.6 is 0 Å². The average molecular weight is 270 g/mol. The zero-order valence-electron chi connectivity index (χ0n) is 11.6. The molecule has 5 heteroatoms. The molecule has 0 aromatic carbocycles. The van der Waals surface area contributed by atoms with Crippen molar-refractivity contribution in [2.24, 2.45) is 0 Å². The third-order valence-corrected chi connectivity index (χ3v) is 4.17. The van der Waals surface area contributed by atoms with Crippen molar-refractivity contribution in [3.63, 3.8) is 0 Å². The van der Waals surface area contributed by atoms with Gasteiger partial charge in [0, 0.05) is 52.7 Å². The molecule has 0 aliphatic heterocycles. The van der Waals surface area contributed by atoms with Gasteiger partial charge in [0.05, 0.1) is 12.8 Å². The normalized spacial score (nSPS) is 12.4. The van der Waals surface area contributed by atoms with Gasteiger partial charge >= 0.3 is 0 Å². The van der Waals surface area contributed by atoms with E-state index in [0.717, 1.165) is 34.9 Å². The Kier molecular flexibility index (Phi) is 6.29. The Bertz CT molecular complexity index is 422. The highest BCUT2D eigenvalue weighted by atomic mass is 32.2. The summed E-state index contributed by atoms with van der Waals surface area (Å²) in [6.45, 7) is 7.37. The molecule has 0 aliphatic rings. The summed E-state index contributed by atoms with van der Waals surface area (Å²) in [5, 5.41) is 3.27. The van der Waals surface area contributed by atoms with Crippen molar-refractivity contribution in [3.05, 3.63) is 23.0 Å². The number of hydrogen-bond donors (Lipinski definition) is 1. The molecule has 1 aromatic heterocycles. The van der Waals surface area contributed by atoms with Gasteiger partial charge in [-0.2, -0.15) is 0 Å². The van der Waals surface area contributed by atoms with E-state index in [-0.39, 0.29) is 0 Å². The van der Waals surface area contributed by atoms with Gasteiger partial charge in [0.1, 0.15) is 5.75 Å². The maximum Gasteiger partial charge on any atom is 0.128 e. The first-order valence-electron chi connectivity index (χ1n) is 6.14. The Morgan fingerprint density at radius 1 is 1.44 bits per heavy atom. The first kappa shape index (κ1) is 15.1. The summed E-state index contributed by atoms with van der Waals surface area (Å²) < 4.78 is 16.6. The Hall–Kier alpha value is -0.940. The van der Waals surface area contributed by atoms with E-state index in [0.29, 0.717) is 12.3 Å². The maximum atomic E-state index is 11.3. The van der Waals surface area contributed by atoms with Gasteiger partial charge in [0.15, 0.2) is 0 Å². The average Bonchev–Trinajstić information content (AvgIpc) is 2.37. The summed E-state index contributed by atoms with van der Waals surface area (Å²) in [6, 6.07) is 0. The van der Waals surface area contributed by atoms with Crippen LogP contribution < -0.4 is 10.1 Å². The van der Waals surface area contributed by atoms with Crippen LogP contribution in [0.3, 0.4) is 0 Å². The number of nitrogens with zero attached hydrogens (tertiary/aromatic N) is 1. The third-order valence-electron chi connectivity index (χ3n) is 2.87. The number of rotatable bonds is 7. The zero-order valence-corrected chi connectivity index (χ0v) is 12.4. The van der Waals surface area contributed by atoms with E-state index < -0.39 is 10.8 Å². The summed E-state index contributed by atoms with van der Waals surface area (Å²) in [5.74, 6) is 2.31. The number of pyridine rings is 1. The standard InChI is InChI=1S/C13H22N2O2S/c1-5-18(16)7-6-14-9-12-11(3)13(17-4)10(2)8-15-12/h8,14H,5-7,9H2,1-4H3. The number of hydrogen-bond acceptors (Lipinski definition) is 4. The number of methoxy groups -OCH3 is 1. The van der Waals surface area contributed by atoms with Gasteiger partial charge in [0.25, 0.3) is 0 Å². The Labute approximate surface area is 112 Å². The van der Waals surface area contributed by atoms with Crippen LogP contribution in [0.4, 0.5) is 0 Å². The first-order valence-corrected chi connectivity index (χ1v) is 7.63. The van der Waals surface area contributed by atoms with E-state index in [2.05, 4.69) is 10.3 Å². The van der Waals surface area contributed by atoms with Gasteiger partial charge in [-0.15, -0.1) is 0 Å². The number of aromatic nitrogens is 1. The fourth-order valence-electron chi connectivity index (χ4n) is 1.79. The van der Waals surface area contributed by atoms with E-state index in [1.807, 2.05) is 27.0 Å². The predicted octanol–water partition coefficient (Wildman–Crippen LogP) is 1.57. The van der Waals surface area contributed by atoms with Crippen LogP contribution in [0.25, 0.3) is 0 Å². The van der Waals surface area contributed by atoms with Crippen molar-refractivity contribution in [2.75, 3.05) is 25.2 Å². The number of ether oxygens (including phenoxy) is 1. The summed E-state index contributed by atoms with van der Waals surface area (Å²) >= 11 is 0. The first-order chi connectivity index (χ1) is 8.60. The molecule has 0 bridgehead atoms. The van der Waals surface area contributed by atoms with Gasteiger partial charge in [0.2, 0.25) is 0 Å². The number of aryl methyl sites for hydroxylation is 1. The quantitative estimate of drug-likeness (QED) is 0.764. The molecular formula is C13H22N2O2S. The van der Waals surface area contributed by atoms with Crippen LogP contribution in [-0.2, 0) is 17.3 Å². The number of nitrogens with one attached hydrogen (secondary N) is 1. The highest BCUT2D eigenvalue weighted by Crippen LogP contribution is 2.23. The zero-order chi connectivity index (χ0) is 13.5. The van der Waals surface area contributed by atoms with Crippen molar-refractivity contribution in [3.8, 4) is 5.75 Å². The van der Waals surface area contributed by atoms with E-state index in [9.17, 15) is 4.21 Å². The van der Waals surface area contributed by atoms with Crippen molar-refractivity contribution < 1.29 is 8.95 Å². The lowest BCUT2D eigenvalue weighted by molar-refractivity contribution is 0.406. The minimum Gasteiger partial charge on any atom is -0.496 e. The minimum atomic E-state index is -0.707. The molecule has 18 heavy (non-hydrogen) atoms. The third kappa shape index (κ3) is 4.07. The molecule has 102 valence electrons. The fourth-order valence-corrected chi connectivity index (χ4v) is 2.45. The van der Waals surface area contributed by atoms with Gasteiger partial charge in [-0.05, 0) is 13.8 Å². The maximum absolute atomic E-state index is 11.3. The van der Waals surface area contributed by atoms with Crippen LogP contribution in [0.5, 0.6) is 5.75 Å². The molecule has 0 saturated heterocycles. The van der Waals surface area contributed by atoms with Gasteiger partial charge in [-0.1, -0.05) is 6.92 Å². The Balaban J connectivity index is 2.55. The van der Waals surface area contributed by atoms with E-state index in [1.54, 1.807) is 7.11 Å². The largest absolute Gasteiger partial charge is 0.496 e. The fraction of sp³-hybridized carbons (Fsp3) is 0.615. The summed E-state index contributed by atoms with van der Waals surface area (Å²) in [4.78, 5) is 4.40. The van der Waals surface area contributed by atoms with Crippen LogP contribution in [-0.4, -0.2) is 34.4 Å². The topological polar surface area (TPSA) is 51.2 Å². The molecule has 1 heterocycles. The SMILES string of the molecule is CCS(=O)CCNCc1ncc(C)c(OC)c1C. The van der Waals surface area contributed by atoms with Crippen LogP contribution in [0.1, 0.15) is 23.7 Å². The van der Waals surface area contributed by atoms with Gasteiger partial charge < -0.3 is 10.1 Å². The molecule has 1 aromatic rings. The monoisotopic (exact) mass is 270 g/mol. The van der Waals surface area contributed by atoms with E-state index in [4.69, 9.17) is 4.74 Å². The summed E-state index contributed by atoms with van der Waals surface area (Å²) in [5.41, 5.74) is 3.10. The minimum absolute atomic E-state index is 0.684. The molecule has 0 amide bonds. The smallest absolute Gasteiger partial charge is 0.128 e. The summed E-state index contributed by atoms with van der Waals surface area (Å²) in [7, 11) is 0.970. The van der Waals surface area contributed by atoms with Crippen LogP contribution in [0.15, 0.2) is 6.20 Å². The molecule has 0 aliphatic carbocycles. The van der Waals surface area contributed by atoms with Crippen molar-refractivity contribution in [1.29, 1.82) is 0 Å². The van der Waals surface area contributed by atoms with Crippen LogP contribution in [0.2, 0.25) is 0 Å². The Morgan fingerprint density at radius 3 is 2.78 bits per heavy atom. The second-order valence-corrected chi connectivity index (χ2v) is 6.02. The molecule has 0 fully saturated rings. The highest BCUT2D eigenvalue weighted by molar-refractivity contribution is 7.84. The van der Waals surface area contributed by atoms with Gasteiger partial charge in [-0.3, -0.25) is 9.19 Å². The predicted molar refractivity (Wildman–Crippen MR) is 75.5 cm³/mol. The molecule has 1 unspecified atom stereocenters.